The first kappa shape index (κ1) is 30.6. The van der Waals surface area contributed by atoms with Gasteiger partial charge in [-0.25, -0.2) is 23.4 Å². The number of methoxy groups -OCH3 is 4. The summed E-state index contributed by atoms with van der Waals surface area (Å²) in [4.78, 5) is 12.7. The molecule has 0 fully saturated rings. The minimum atomic E-state index is -4.12. The number of pyridine rings is 1. The monoisotopic (exact) mass is 585 g/mol. The average molecular weight is 586 g/mol. The van der Waals surface area contributed by atoms with Crippen LogP contribution in [0.1, 0.15) is 31.5 Å². The molecule has 14 nitrogen and oxygen atoms in total. The zero-order valence-corrected chi connectivity index (χ0v) is 23.8. The van der Waals surface area contributed by atoms with Crippen molar-refractivity contribution in [3.63, 3.8) is 0 Å². The molecule has 0 aliphatic heterocycles. The summed E-state index contributed by atoms with van der Waals surface area (Å²) in [6.45, 7) is 2.48. The lowest BCUT2D eigenvalue weighted by Gasteiger charge is -2.24. The van der Waals surface area contributed by atoms with E-state index in [0.717, 1.165) is 0 Å². The molecule has 3 aromatic rings. The van der Waals surface area contributed by atoms with E-state index >= 15 is 0 Å². The quantitative estimate of drug-likeness (QED) is 0.245. The maximum atomic E-state index is 13.5. The molecule has 0 bridgehead atoms. The average Bonchev–Trinajstić information content (AvgIpc) is 3.33. The van der Waals surface area contributed by atoms with Crippen LogP contribution < -0.4 is 9.46 Å². The van der Waals surface area contributed by atoms with E-state index in [0.29, 0.717) is 42.8 Å². The zero-order chi connectivity index (χ0) is 28.4. The maximum absolute atomic E-state index is 13.5. The molecule has 3 rings (SSSR count). The number of hydrogen-bond acceptors (Lipinski definition) is 12. The van der Waals surface area contributed by atoms with E-state index in [2.05, 4.69) is 29.9 Å². The number of nitrogens with zero attached hydrogens (tertiary/aromatic N) is 6. The van der Waals surface area contributed by atoms with Gasteiger partial charge >= 0.3 is 0 Å². The predicted octanol–water partition coefficient (Wildman–Crippen LogP) is 2.51. The van der Waals surface area contributed by atoms with E-state index in [4.69, 9.17) is 35.3 Å². The summed E-state index contributed by atoms with van der Waals surface area (Å²) in [6, 6.07) is 5.13. The Morgan fingerprint density at radius 2 is 1.72 bits per heavy atom. The fourth-order valence-corrected chi connectivity index (χ4v) is 4.82. The van der Waals surface area contributed by atoms with Gasteiger partial charge in [-0.05, 0) is 13.0 Å². The number of aromatic nitrogens is 6. The summed E-state index contributed by atoms with van der Waals surface area (Å²) in [5.74, 6) is 0.668. The van der Waals surface area contributed by atoms with Crippen LogP contribution in [0.15, 0.2) is 30.6 Å². The van der Waals surface area contributed by atoms with Crippen LogP contribution in [-0.2, 0) is 29.0 Å². The molecule has 3 aromatic heterocycles. The van der Waals surface area contributed by atoms with Gasteiger partial charge in [0, 0.05) is 53.3 Å². The third-order valence-electron chi connectivity index (χ3n) is 5.61. The fraction of sp³-hybridized carbons (Fsp3) is 0.522. The van der Waals surface area contributed by atoms with Crippen molar-refractivity contribution in [3.05, 3.63) is 41.4 Å². The van der Waals surface area contributed by atoms with Gasteiger partial charge in [0.25, 0.3) is 0 Å². The van der Waals surface area contributed by atoms with E-state index in [9.17, 15) is 8.42 Å². The van der Waals surface area contributed by atoms with Crippen LogP contribution in [0, 0.1) is 0 Å². The Bertz CT molecular complexity index is 1290. The van der Waals surface area contributed by atoms with Crippen molar-refractivity contribution >= 4 is 27.6 Å². The Morgan fingerprint density at radius 1 is 1.00 bits per heavy atom. The number of rotatable bonds is 16. The molecule has 0 radical (unpaired) electrons. The number of halogens is 1. The molecule has 3 atom stereocenters. The summed E-state index contributed by atoms with van der Waals surface area (Å²) < 4.78 is 58.0. The Balaban J connectivity index is 1.99. The fourth-order valence-electron chi connectivity index (χ4n) is 3.59. The first-order chi connectivity index (χ1) is 18.7. The van der Waals surface area contributed by atoms with E-state index in [-0.39, 0.29) is 17.6 Å². The molecule has 0 aliphatic carbocycles. The molecule has 214 valence electrons. The molecule has 0 saturated carbocycles. The van der Waals surface area contributed by atoms with E-state index in [1.807, 2.05) is 0 Å². The number of hydrogen-bond donors (Lipinski definition) is 1. The second-order valence-corrected chi connectivity index (χ2v) is 10.6. The highest BCUT2D eigenvalue weighted by molar-refractivity contribution is 7.93. The Kier molecular flexibility index (Phi) is 11.3. The normalized spacial score (nSPS) is 14.1. The largest absolute Gasteiger partial charge is 0.475 e. The van der Waals surface area contributed by atoms with Crippen molar-refractivity contribution in [3.8, 4) is 17.4 Å². The van der Waals surface area contributed by atoms with Crippen molar-refractivity contribution in [1.82, 2.24) is 29.7 Å². The highest BCUT2D eigenvalue weighted by atomic mass is 35.5. The number of anilines is 1. The molecule has 0 amide bonds. The molecule has 0 spiro atoms. The molecular formula is C23H32ClN7O7S. The van der Waals surface area contributed by atoms with Crippen molar-refractivity contribution in [2.75, 3.05) is 53.0 Å². The summed E-state index contributed by atoms with van der Waals surface area (Å²) in [6.07, 6.45) is 1.41. The van der Waals surface area contributed by atoms with Gasteiger partial charge in [0.2, 0.25) is 21.9 Å². The topological polar surface area (TPSA) is 162 Å². The molecule has 0 aliphatic rings. The van der Waals surface area contributed by atoms with E-state index in [1.165, 1.54) is 38.1 Å². The van der Waals surface area contributed by atoms with Crippen LogP contribution in [-0.4, -0.2) is 91.6 Å². The molecule has 3 heterocycles. The lowest BCUT2D eigenvalue weighted by molar-refractivity contribution is 0.0189. The lowest BCUT2D eigenvalue weighted by Crippen LogP contribution is -2.34. The minimum Gasteiger partial charge on any atom is -0.475 e. The van der Waals surface area contributed by atoms with Gasteiger partial charge in [0.05, 0.1) is 18.2 Å². The molecule has 0 aromatic carbocycles. The van der Waals surface area contributed by atoms with Crippen LogP contribution in [0.4, 0.5) is 5.95 Å². The second kappa shape index (κ2) is 14.4. The standard InChI is InChI=1S/C23H32ClN7O7S/c1-15(20(37-5)21-25-13-16(24)14-26-21)39(32,33)30-23-29-28-22(31(23)19(36-4)9-10-34-2)17-7-6-8-18(27-17)38-12-11-35-3/h6-8,13-15,19-20H,9-12H2,1-5H3,(H,29,30)/t15-,19?,20-/m0/s1. The lowest BCUT2D eigenvalue weighted by atomic mass is 10.2. The molecule has 1 unspecified atom stereocenters. The van der Waals surface area contributed by atoms with Crippen molar-refractivity contribution in [2.45, 2.75) is 30.9 Å². The number of ether oxygens (including phenoxy) is 5. The van der Waals surface area contributed by atoms with Crippen molar-refractivity contribution in [2.24, 2.45) is 0 Å². The van der Waals surface area contributed by atoms with Gasteiger partial charge in [0.15, 0.2) is 11.6 Å². The first-order valence-corrected chi connectivity index (χ1v) is 13.8. The predicted molar refractivity (Wildman–Crippen MR) is 142 cm³/mol. The van der Waals surface area contributed by atoms with Gasteiger partial charge in [-0.1, -0.05) is 17.7 Å². The smallest absolute Gasteiger partial charge is 0.240 e. The number of sulfonamides is 1. The van der Waals surface area contributed by atoms with Gasteiger partial charge in [-0.3, -0.25) is 9.29 Å². The summed E-state index contributed by atoms with van der Waals surface area (Å²) in [5, 5.41) is 7.53. The molecular weight excluding hydrogens is 554 g/mol. The highest BCUT2D eigenvalue weighted by Gasteiger charge is 2.35. The molecule has 0 saturated heterocycles. The van der Waals surface area contributed by atoms with Crippen molar-refractivity contribution in [1.29, 1.82) is 0 Å². The van der Waals surface area contributed by atoms with Gasteiger partial charge < -0.3 is 23.7 Å². The Morgan fingerprint density at radius 3 is 2.36 bits per heavy atom. The highest BCUT2D eigenvalue weighted by Crippen LogP contribution is 2.30. The van der Waals surface area contributed by atoms with Crippen LogP contribution in [0.25, 0.3) is 11.5 Å². The van der Waals surface area contributed by atoms with Gasteiger partial charge in [-0.15, -0.1) is 10.2 Å². The van der Waals surface area contributed by atoms with Gasteiger partial charge in [-0.2, -0.15) is 0 Å². The molecule has 1 N–H and O–H groups in total. The summed E-state index contributed by atoms with van der Waals surface area (Å²) in [7, 11) is 1.86. The third kappa shape index (κ3) is 7.80. The maximum Gasteiger partial charge on any atom is 0.240 e. The Labute approximate surface area is 232 Å². The van der Waals surface area contributed by atoms with Crippen molar-refractivity contribution < 1.29 is 32.1 Å². The van der Waals surface area contributed by atoms with Gasteiger partial charge in [0.1, 0.15) is 29.9 Å². The number of nitrogens with one attached hydrogen (secondary N) is 1. The van der Waals surface area contributed by atoms with Crippen LogP contribution in [0.3, 0.4) is 0 Å². The van der Waals surface area contributed by atoms with Crippen LogP contribution in [0.2, 0.25) is 5.02 Å². The van der Waals surface area contributed by atoms with Crippen LogP contribution in [0.5, 0.6) is 5.88 Å². The van der Waals surface area contributed by atoms with Crippen LogP contribution >= 0.6 is 11.6 Å². The molecule has 16 heteroatoms. The zero-order valence-electron chi connectivity index (χ0n) is 22.3. The minimum absolute atomic E-state index is 0.0841. The summed E-state index contributed by atoms with van der Waals surface area (Å²) in [5.41, 5.74) is 0.389. The second-order valence-electron chi connectivity index (χ2n) is 8.16. The SMILES string of the molecule is COCCOc1cccc(-c2nnc(NS(=O)(=O)[C@@H](C)[C@H](OC)c3ncc(Cl)cn3)n2C(CCOC)OC)n1. The first-order valence-electron chi connectivity index (χ1n) is 11.8. The Hall–Kier alpha value is -2.95. The summed E-state index contributed by atoms with van der Waals surface area (Å²) >= 11 is 5.87. The van der Waals surface area contributed by atoms with E-state index in [1.54, 1.807) is 32.4 Å². The van der Waals surface area contributed by atoms with E-state index < -0.39 is 27.6 Å². The third-order valence-corrected chi connectivity index (χ3v) is 7.50. The molecule has 39 heavy (non-hydrogen) atoms.